The molecule has 39 heavy (non-hydrogen) atoms. The summed E-state index contributed by atoms with van der Waals surface area (Å²) in [6, 6.07) is 0.0384. The van der Waals surface area contributed by atoms with Crippen LogP contribution in [-0.4, -0.2) is 83.3 Å². The molecule has 2 bridgehead atoms. The molecule has 2 aromatic rings. The van der Waals surface area contributed by atoms with Gasteiger partial charge in [-0.2, -0.15) is 13.2 Å². The molecule has 0 aliphatic carbocycles. The third kappa shape index (κ3) is 5.83. The smallest absolute Gasteiger partial charge is 0.408 e. The number of nitrogens with zero attached hydrogens (tertiary/aromatic N) is 5. The third-order valence-electron chi connectivity index (χ3n) is 6.59. The van der Waals surface area contributed by atoms with E-state index in [1.165, 1.54) is 23.4 Å². The summed E-state index contributed by atoms with van der Waals surface area (Å²) in [5, 5.41) is 4.52. The van der Waals surface area contributed by atoms with Gasteiger partial charge in [0.15, 0.2) is 17.4 Å². The second kappa shape index (κ2) is 10.1. The van der Waals surface area contributed by atoms with Gasteiger partial charge in [-0.05, 0) is 39.3 Å². The maximum atomic E-state index is 13.3. The van der Waals surface area contributed by atoms with Crippen molar-refractivity contribution in [1.82, 2.24) is 20.3 Å². The lowest BCUT2D eigenvalue weighted by Crippen LogP contribution is -2.49. The second-order valence-electron chi connectivity index (χ2n) is 9.97. The van der Waals surface area contributed by atoms with Gasteiger partial charge >= 0.3 is 12.2 Å². The topological polar surface area (TPSA) is 131 Å². The van der Waals surface area contributed by atoms with E-state index in [-0.39, 0.29) is 36.2 Å². The monoisotopic (exact) mass is 551 g/mol. The Kier molecular flexibility index (Phi) is 6.97. The Balaban J connectivity index is 1.27. The number of pyridine rings is 1. The highest BCUT2D eigenvalue weighted by Gasteiger charge is 2.41. The van der Waals surface area contributed by atoms with E-state index < -0.39 is 29.9 Å². The van der Waals surface area contributed by atoms with E-state index in [0.29, 0.717) is 37.6 Å². The minimum atomic E-state index is -4.60. The molecular formula is C24H28F3N7O5. The van der Waals surface area contributed by atoms with Crippen molar-refractivity contribution in [2.75, 3.05) is 41.4 Å². The van der Waals surface area contributed by atoms with Crippen LogP contribution in [0.2, 0.25) is 0 Å². The fourth-order valence-corrected chi connectivity index (χ4v) is 4.60. The molecule has 3 amide bonds. The van der Waals surface area contributed by atoms with Crippen LogP contribution in [0, 0.1) is 0 Å². The normalized spacial score (nSPS) is 22.3. The standard InChI is InChI=1S/C24H28F3N7O5/c1-13(24(25,26)27)30-20(35)17-4-5-18-19(31-17)34(14-6-7-33(18)10-14)22(36)32-21-28-8-15(9-29-21)37-11-16-12-38-23(2,3)39-16/h4-5,8-9,13-14,16H,6-7,10-12H2,1-3H3,(H,30,35)(H,28,29,32,36)/t13-,14?,16-/m1/s1. The summed E-state index contributed by atoms with van der Waals surface area (Å²) in [6.07, 6.45) is -1.37. The molecule has 5 heterocycles. The molecule has 3 aliphatic heterocycles. The largest absolute Gasteiger partial charge is 0.488 e. The minimum Gasteiger partial charge on any atom is -0.488 e. The maximum Gasteiger partial charge on any atom is 0.408 e. The van der Waals surface area contributed by atoms with E-state index in [1.54, 1.807) is 6.07 Å². The van der Waals surface area contributed by atoms with E-state index in [4.69, 9.17) is 14.2 Å². The highest BCUT2D eigenvalue weighted by molar-refractivity contribution is 6.04. The van der Waals surface area contributed by atoms with Crippen molar-refractivity contribution < 1.29 is 37.0 Å². The van der Waals surface area contributed by atoms with E-state index in [2.05, 4.69) is 20.3 Å². The molecule has 0 aromatic carbocycles. The number of alkyl halides is 3. The van der Waals surface area contributed by atoms with E-state index in [9.17, 15) is 22.8 Å². The van der Waals surface area contributed by atoms with Crippen molar-refractivity contribution in [3.05, 3.63) is 30.2 Å². The van der Waals surface area contributed by atoms with Crippen molar-refractivity contribution in [2.45, 2.75) is 57.3 Å². The number of carbonyl (C=O) groups is 2. The van der Waals surface area contributed by atoms with Crippen LogP contribution in [0.5, 0.6) is 5.75 Å². The number of aromatic nitrogens is 3. The first-order valence-electron chi connectivity index (χ1n) is 12.4. The van der Waals surface area contributed by atoms with Crippen LogP contribution in [0.3, 0.4) is 0 Å². The Morgan fingerprint density at radius 1 is 1.26 bits per heavy atom. The quantitative estimate of drug-likeness (QED) is 0.556. The molecule has 2 fully saturated rings. The lowest BCUT2D eigenvalue weighted by Gasteiger charge is -2.35. The van der Waals surface area contributed by atoms with Crippen LogP contribution in [-0.2, 0) is 9.47 Å². The van der Waals surface area contributed by atoms with E-state index in [0.717, 1.165) is 6.92 Å². The average Bonchev–Trinajstić information content (AvgIpc) is 3.45. The molecule has 3 atom stereocenters. The summed E-state index contributed by atoms with van der Waals surface area (Å²) in [4.78, 5) is 41.8. The molecule has 2 aromatic heterocycles. The number of hydrogen-bond donors (Lipinski definition) is 2. The third-order valence-corrected chi connectivity index (χ3v) is 6.59. The number of rotatable bonds is 6. The van der Waals surface area contributed by atoms with Crippen molar-refractivity contribution >= 4 is 29.4 Å². The number of urea groups is 1. The van der Waals surface area contributed by atoms with Gasteiger partial charge in [-0.25, -0.2) is 19.7 Å². The first-order valence-corrected chi connectivity index (χ1v) is 12.4. The second-order valence-corrected chi connectivity index (χ2v) is 9.97. The van der Waals surface area contributed by atoms with Crippen LogP contribution in [0.1, 0.15) is 37.7 Å². The van der Waals surface area contributed by atoms with Gasteiger partial charge in [0.05, 0.1) is 30.7 Å². The Morgan fingerprint density at radius 2 is 2.00 bits per heavy atom. The van der Waals surface area contributed by atoms with Crippen molar-refractivity contribution in [2.24, 2.45) is 0 Å². The fourth-order valence-electron chi connectivity index (χ4n) is 4.60. The molecular weight excluding hydrogens is 523 g/mol. The fraction of sp³-hybridized carbons (Fsp3) is 0.542. The number of amides is 3. The summed E-state index contributed by atoms with van der Waals surface area (Å²) in [6.45, 7) is 6.33. The lowest BCUT2D eigenvalue weighted by atomic mass is 10.1. The Morgan fingerprint density at radius 3 is 2.67 bits per heavy atom. The van der Waals surface area contributed by atoms with Crippen molar-refractivity contribution in [3.8, 4) is 5.75 Å². The first-order chi connectivity index (χ1) is 18.4. The van der Waals surface area contributed by atoms with Crippen LogP contribution in [0.25, 0.3) is 0 Å². The average molecular weight is 552 g/mol. The van der Waals surface area contributed by atoms with Gasteiger partial charge in [0.25, 0.3) is 5.91 Å². The SMILES string of the molecule is C[C@@H](NC(=O)c1ccc2c(n1)N(C(=O)Nc1ncc(OC[C@@H]3COC(C)(C)O3)cn1)C1CCN2C1)C(F)(F)F. The molecule has 12 nitrogen and oxygen atoms in total. The van der Waals surface area contributed by atoms with Crippen molar-refractivity contribution in [1.29, 1.82) is 0 Å². The highest BCUT2D eigenvalue weighted by atomic mass is 19.4. The van der Waals surface area contributed by atoms with Crippen molar-refractivity contribution in [3.63, 3.8) is 0 Å². The van der Waals surface area contributed by atoms with Crippen LogP contribution in [0.4, 0.5) is 35.4 Å². The number of fused-ring (bicyclic) bond motifs is 4. The Hall–Kier alpha value is -3.72. The molecule has 5 rings (SSSR count). The number of nitrogens with one attached hydrogen (secondary N) is 2. The Bertz CT molecular complexity index is 1240. The predicted octanol–water partition coefficient (Wildman–Crippen LogP) is 2.71. The van der Waals surface area contributed by atoms with Gasteiger partial charge in [-0.1, -0.05) is 0 Å². The van der Waals surface area contributed by atoms with Gasteiger partial charge < -0.3 is 24.4 Å². The van der Waals surface area contributed by atoms with Crippen LogP contribution in [0.15, 0.2) is 24.5 Å². The summed E-state index contributed by atoms with van der Waals surface area (Å²) in [7, 11) is 0. The number of halogens is 3. The molecule has 15 heteroatoms. The molecule has 0 radical (unpaired) electrons. The zero-order chi connectivity index (χ0) is 27.9. The Labute approximate surface area is 221 Å². The van der Waals surface area contributed by atoms with E-state index >= 15 is 0 Å². The zero-order valence-corrected chi connectivity index (χ0v) is 21.5. The van der Waals surface area contributed by atoms with Crippen LogP contribution < -0.4 is 25.2 Å². The van der Waals surface area contributed by atoms with Gasteiger partial charge in [-0.15, -0.1) is 0 Å². The summed E-state index contributed by atoms with van der Waals surface area (Å²) in [5.41, 5.74) is 0.369. The summed E-state index contributed by atoms with van der Waals surface area (Å²) >= 11 is 0. The molecule has 0 saturated carbocycles. The summed E-state index contributed by atoms with van der Waals surface area (Å²) < 4.78 is 55.6. The van der Waals surface area contributed by atoms with Gasteiger partial charge in [0.1, 0.15) is 24.4 Å². The number of ether oxygens (including phenoxy) is 3. The lowest BCUT2D eigenvalue weighted by molar-refractivity contribution is -0.149. The highest BCUT2D eigenvalue weighted by Crippen LogP contribution is 2.39. The minimum absolute atomic E-state index is 0.0174. The number of anilines is 3. The molecule has 2 N–H and O–H groups in total. The maximum absolute atomic E-state index is 13.3. The molecule has 2 saturated heterocycles. The zero-order valence-electron chi connectivity index (χ0n) is 21.5. The van der Waals surface area contributed by atoms with Gasteiger partial charge in [-0.3, -0.25) is 15.0 Å². The molecule has 3 aliphatic rings. The number of hydrogen-bond acceptors (Lipinski definition) is 9. The van der Waals surface area contributed by atoms with Gasteiger partial charge in [0, 0.05) is 13.1 Å². The van der Waals surface area contributed by atoms with E-state index in [1.807, 2.05) is 24.1 Å². The first kappa shape index (κ1) is 26.9. The van der Waals surface area contributed by atoms with Gasteiger partial charge in [0.2, 0.25) is 5.95 Å². The molecule has 1 unspecified atom stereocenters. The van der Waals surface area contributed by atoms with Crippen LogP contribution >= 0.6 is 0 Å². The molecule has 0 spiro atoms. The summed E-state index contributed by atoms with van der Waals surface area (Å²) in [5.74, 6) is -1.09. The predicted molar refractivity (Wildman–Crippen MR) is 132 cm³/mol. The number of carbonyl (C=O) groups excluding carboxylic acids is 2. The molecule has 210 valence electrons.